The molecule has 21 heavy (non-hydrogen) atoms. The molecule has 0 aliphatic rings. The minimum Gasteiger partial charge on any atom is -0.371 e. The highest BCUT2D eigenvalue weighted by molar-refractivity contribution is 5.98. The molecule has 0 saturated carbocycles. The average Bonchev–Trinajstić information content (AvgIpc) is 2.47. The number of benzene rings is 1. The third-order valence-electron chi connectivity index (χ3n) is 2.76. The molecule has 0 amide bonds. The van der Waals surface area contributed by atoms with Gasteiger partial charge in [-0.05, 0) is 31.9 Å². The Morgan fingerprint density at radius 1 is 1.00 bits per heavy atom. The first-order valence-corrected chi connectivity index (χ1v) is 6.76. The molecule has 0 bridgehead atoms. The van der Waals surface area contributed by atoms with Crippen LogP contribution in [0.15, 0.2) is 6.07 Å². The second-order valence-electron chi connectivity index (χ2n) is 4.11. The van der Waals surface area contributed by atoms with Gasteiger partial charge in [0.1, 0.15) is 0 Å². The Balaban J connectivity index is 2.95. The maximum atomic E-state index is 13.6. The van der Waals surface area contributed by atoms with Crippen molar-refractivity contribution in [3.8, 4) is 0 Å². The first-order chi connectivity index (χ1) is 9.90. The lowest BCUT2D eigenvalue weighted by molar-refractivity contribution is -0.343. The molecule has 0 aliphatic heterocycles. The van der Waals surface area contributed by atoms with E-state index < -0.39 is 29.2 Å². The van der Waals surface area contributed by atoms with E-state index in [1.54, 1.807) is 13.8 Å². The predicted octanol–water partition coefficient (Wildman–Crippen LogP) is 3.00. The summed E-state index contributed by atoms with van der Waals surface area (Å²) in [6, 6.07) is 0.601. The average molecular weight is 323 g/mol. The van der Waals surface area contributed by atoms with Crippen molar-refractivity contribution in [2.45, 2.75) is 32.7 Å². The first kappa shape index (κ1) is 18.1. The van der Waals surface area contributed by atoms with Crippen molar-refractivity contribution < 1.29 is 31.5 Å². The lowest BCUT2D eigenvalue weighted by Gasteiger charge is -2.31. The van der Waals surface area contributed by atoms with E-state index in [9.17, 15) is 17.6 Å². The monoisotopic (exact) mass is 323 g/mol. The van der Waals surface area contributed by atoms with Crippen LogP contribution < -0.4 is 0 Å². The molecule has 1 rings (SSSR count). The van der Waals surface area contributed by atoms with Gasteiger partial charge in [-0.2, -0.15) is 0 Å². The Bertz CT molecular complexity index is 479. The van der Waals surface area contributed by atoms with Gasteiger partial charge in [-0.3, -0.25) is 0 Å². The van der Waals surface area contributed by atoms with Gasteiger partial charge < -0.3 is 13.9 Å². The van der Waals surface area contributed by atoms with Gasteiger partial charge in [-0.25, -0.2) is 17.6 Å². The van der Waals surface area contributed by atoms with E-state index in [0.717, 1.165) is 0 Å². The number of rotatable bonds is 8. The summed E-state index contributed by atoms with van der Waals surface area (Å²) in [5.74, 6) is -8.10. The van der Waals surface area contributed by atoms with Gasteiger partial charge in [-0.15, -0.1) is 0 Å². The largest absolute Gasteiger partial charge is 0.371 e. The number of aryl methyl sites for hydroxylation is 1. The highest BCUT2D eigenvalue weighted by Gasteiger charge is 2.32. The molecule has 8 heteroatoms. The molecule has 0 atom stereocenters. The minimum absolute atomic E-state index is 0.0559. The zero-order valence-corrected chi connectivity index (χ0v) is 12.6. The zero-order chi connectivity index (χ0) is 16.0. The van der Waals surface area contributed by atoms with E-state index in [1.165, 1.54) is 0 Å². The molecule has 0 saturated heterocycles. The second kappa shape index (κ2) is 7.88. The van der Waals surface area contributed by atoms with Gasteiger partial charge in [0.15, 0.2) is 23.3 Å². The fourth-order valence-corrected chi connectivity index (χ4v) is 2.05. The van der Waals surface area contributed by atoms with Crippen molar-refractivity contribution in [1.29, 1.82) is 0 Å². The summed E-state index contributed by atoms with van der Waals surface area (Å²) >= 11 is 0. The topological polar surface area (TPSA) is 27.7 Å². The molecular weight excluding hydrogens is 308 g/mol. The maximum Gasteiger partial charge on any atom is 0.273 e. The molecule has 0 unspecified atom stereocenters. The summed E-state index contributed by atoms with van der Waals surface area (Å²) in [7, 11) is 2.81. The van der Waals surface area contributed by atoms with Gasteiger partial charge in [0.2, 0.25) is 0 Å². The predicted molar refractivity (Wildman–Crippen MR) is 67.4 cm³/mol. The molecule has 3 radical (unpaired) electrons. The second-order valence-corrected chi connectivity index (χ2v) is 4.31. The van der Waals surface area contributed by atoms with E-state index in [-0.39, 0.29) is 31.6 Å². The first-order valence-electron chi connectivity index (χ1n) is 6.35. The normalized spacial score (nSPS) is 12.0. The summed E-state index contributed by atoms with van der Waals surface area (Å²) in [6.45, 7) is 3.85. The molecule has 0 aliphatic carbocycles. The summed E-state index contributed by atoms with van der Waals surface area (Å²) in [4.78, 5) is 0. The minimum atomic E-state index is -1.84. The number of ether oxygens (including phenoxy) is 2. The highest BCUT2D eigenvalue weighted by Crippen LogP contribution is 2.25. The number of hydrogen-bond donors (Lipinski definition) is 0. The van der Waals surface area contributed by atoms with E-state index >= 15 is 0 Å². The molecule has 0 spiro atoms. The van der Waals surface area contributed by atoms with Gasteiger partial charge in [0.25, 0.3) is 16.5 Å². The summed E-state index contributed by atoms with van der Waals surface area (Å²) in [6.07, 6.45) is -0.232. The molecule has 0 heterocycles. The number of hydrogen-bond acceptors (Lipinski definition) is 3. The maximum absolute atomic E-state index is 13.6. The zero-order valence-electron chi connectivity index (χ0n) is 11.6. The fourth-order valence-electron chi connectivity index (χ4n) is 1.83. The quantitative estimate of drug-likeness (QED) is 0.242. The van der Waals surface area contributed by atoms with Crippen LogP contribution in [0, 0.1) is 23.3 Å². The Hall–Kier alpha value is -0.963. The van der Waals surface area contributed by atoms with Crippen molar-refractivity contribution >= 4 is 10.5 Å². The van der Waals surface area contributed by atoms with E-state index in [4.69, 9.17) is 13.9 Å². The Labute approximate surface area is 123 Å². The number of halogens is 4. The smallest absolute Gasteiger partial charge is 0.273 e. The van der Waals surface area contributed by atoms with Gasteiger partial charge in [0, 0.05) is 19.6 Å². The highest BCUT2D eigenvalue weighted by atomic mass is 28.2. The Morgan fingerprint density at radius 3 is 2.05 bits per heavy atom. The van der Waals surface area contributed by atoms with E-state index in [2.05, 4.69) is 10.5 Å². The Morgan fingerprint density at radius 2 is 1.57 bits per heavy atom. The summed E-state index contributed by atoms with van der Waals surface area (Å²) in [5, 5.41) is 0. The van der Waals surface area contributed by atoms with E-state index in [0.29, 0.717) is 6.07 Å². The van der Waals surface area contributed by atoms with Crippen LogP contribution in [-0.2, 0) is 20.3 Å². The summed E-state index contributed by atoms with van der Waals surface area (Å²) in [5.41, 5.74) is -0.334. The molecule has 3 nitrogen and oxygen atoms in total. The molecule has 1 aromatic rings. The molecule has 1 aromatic carbocycles. The molecular formula is C13H15F4O3Si. The van der Waals surface area contributed by atoms with Crippen molar-refractivity contribution in [3.05, 3.63) is 34.9 Å². The molecule has 0 N–H and O–H groups in total. The van der Waals surface area contributed by atoms with Crippen LogP contribution in [0.4, 0.5) is 17.6 Å². The van der Waals surface area contributed by atoms with Gasteiger partial charge >= 0.3 is 0 Å². The third kappa shape index (κ3) is 4.25. The van der Waals surface area contributed by atoms with Crippen molar-refractivity contribution in [2.24, 2.45) is 0 Å². The summed E-state index contributed by atoms with van der Waals surface area (Å²) < 4.78 is 68.3. The van der Waals surface area contributed by atoms with Crippen LogP contribution in [0.25, 0.3) is 0 Å². The van der Waals surface area contributed by atoms with Crippen LogP contribution in [0.3, 0.4) is 0 Å². The van der Waals surface area contributed by atoms with Crippen LogP contribution >= 0.6 is 0 Å². The van der Waals surface area contributed by atoms with Crippen molar-refractivity contribution in [3.63, 3.8) is 0 Å². The van der Waals surface area contributed by atoms with Gasteiger partial charge in [-0.1, -0.05) is 0 Å². The van der Waals surface area contributed by atoms with Crippen molar-refractivity contribution in [1.82, 2.24) is 0 Å². The standard InChI is InChI=1S/C13H15F4O3Si/c1-3-18-13(20-21,19-4-2)6-5-8-7-9(14)11(16)12(17)10(8)15/h7H,3-6H2,1-2H3. The lowest BCUT2D eigenvalue weighted by atomic mass is 10.1. The molecule has 0 fully saturated rings. The van der Waals surface area contributed by atoms with E-state index in [1.807, 2.05) is 0 Å². The van der Waals surface area contributed by atoms with Crippen LogP contribution in [0.2, 0.25) is 0 Å². The lowest BCUT2D eigenvalue weighted by Crippen LogP contribution is -2.39. The van der Waals surface area contributed by atoms with Crippen LogP contribution in [0.5, 0.6) is 0 Å². The molecule has 117 valence electrons. The van der Waals surface area contributed by atoms with Gasteiger partial charge in [0.05, 0.1) is 0 Å². The van der Waals surface area contributed by atoms with Crippen LogP contribution in [0.1, 0.15) is 25.8 Å². The van der Waals surface area contributed by atoms with Crippen molar-refractivity contribution in [2.75, 3.05) is 13.2 Å². The SMILES string of the molecule is CCOC(CCc1cc(F)c(F)c(F)c1F)(O[Si])OCC. The van der Waals surface area contributed by atoms with Crippen LogP contribution in [-0.4, -0.2) is 29.7 Å². The Kier molecular flexibility index (Phi) is 6.79. The fraction of sp³-hybridized carbons (Fsp3) is 0.538. The third-order valence-corrected chi connectivity index (χ3v) is 3.07. The molecule has 0 aromatic heterocycles.